The molecule has 0 spiro atoms. The first-order valence-electron chi connectivity index (χ1n) is 5.91. The molecule has 1 heterocycles. The molecule has 2 rings (SSSR count). The number of hydrogen-bond donors (Lipinski definition) is 1. The molecule has 1 aliphatic rings. The number of anilines is 1. The van der Waals surface area contributed by atoms with Crippen LogP contribution >= 0.6 is 0 Å². The molecule has 5 nitrogen and oxygen atoms in total. The van der Waals surface area contributed by atoms with Gasteiger partial charge in [0.1, 0.15) is 12.4 Å². The maximum absolute atomic E-state index is 11.7. The minimum absolute atomic E-state index is 0.192. The number of nitrogens with zero attached hydrogens (tertiary/aromatic N) is 1. The molecule has 0 fully saturated rings. The lowest BCUT2D eigenvalue weighted by molar-refractivity contribution is -0.127. The van der Waals surface area contributed by atoms with E-state index >= 15 is 0 Å². The van der Waals surface area contributed by atoms with E-state index in [4.69, 9.17) is 9.47 Å². The summed E-state index contributed by atoms with van der Waals surface area (Å²) in [6.07, 6.45) is 0.642. The molecule has 5 heteroatoms. The standard InChI is InChI=1S/C13H17NO4/c1-9-7-10-3-4-11(18-6-5-17-2)8-12(10)14(16)13(9)15/h3-4,8-9,16H,5-7H2,1-2H3. The molecular weight excluding hydrogens is 234 g/mol. The van der Waals surface area contributed by atoms with Crippen molar-refractivity contribution in [1.29, 1.82) is 0 Å². The minimum Gasteiger partial charge on any atom is -0.491 e. The van der Waals surface area contributed by atoms with Gasteiger partial charge < -0.3 is 9.47 Å². The van der Waals surface area contributed by atoms with Crippen LogP contribution in [0.5, 0.6) is 5.75 Å². The van der Waals surface area contributed by atoms with Crippen molar-refractivity contribution in [2.45, 2.75) is 13.3 Å². The Morgan fingerprint density at radius 1 is 1.44 bits per heavy atom. The molecule has 0 saturated heterocycles. The van der Waals surface area contributed by atoms with Gasteiger partial charge in [0.15, 0.2) is 0 Å². The van der Waals surface area contributed by atoms with Gasteiger partial charge in [0.25, 0.3) is 5.91 Å². The van der Waals surface area contributed by atoms with Gasteiger partial charge >= 0.3 is 0 Å². The number of amides is 1. The molecule has 1 amide bonds. The summed E-state index contributed by atoms with van der Waals surface area (Å²) < 4.78 is 10.3. The molecule has 0 radical (unpaired) electrons. The molecule has 1 N–H and O–H groups in total. The van der Waals surface area contributed by atoms with Crippen LogP contribution in [0.2, 0.25) is 0 Å². The first-order chi connectivity index (χ1) is 8.63. The number of methoxy groups -OCH3 is 1. The molecule has 18 heavy (non-hydrogen) atoms. The number of fused-ring (bicyclic) bond motifs is 1. The Labute approximate surface area is 106 Å². The van der Waals surface area contributed by atoms with Crippen molar-refractivity contribution in [1.82, 2.24) is 0 Å². The van der Waals surface area contributed by atoms with E-state index in [9.17, 15) is 10.0 Å². The topological polar surface area (TPSA) is 59.0 Å². The Kier molecular flexibility index (Phi) is 3.84. The zero-order chi connectivity index (χ0) is 13.1. The third-order valence-electron chi connectivity index (χ3n) is 3.00. The van der Waals surface area contributed by atoms with Crippen LogP contribution < -0.4 is 9.80 Å². The van der Waals surface area contributed by atoms with Crippen LogP contribution in [0.25, 0.3) is 0 Å². The lowest BCUT2D eigenvalue weighted by Gasteiger charge is -2.28. The highest BCUT2D eigenvalue weighted by molar-refractivity contribution is 5.95. The smallest absolute Gasteiger partial charge is 0.253 e. The van der Waals surface area contributed by atoms with E-state index < -0.39 is 0 Å². The molecule has 98 valence electrons. The monoisotopic (exact) mass is 251 g/mol. The van der Waals surface area contributed by atoms with Crippen molar-refractivity contribution in [3.8, 4) is 5.75 Å². The first kappa shape index (κ1) is 12.9. The molecule has 0 aliphatic carbocycles. The second-order valence-corrected chi connectivity index (χ2v) is 4.39. The van der Waals surface area contributed by atoms with Crippen LogP contribution in [0.15, 0.2) is 18.2 Å². The molecule has 1 aromatic rings. The third-order valence-corrected chi connectivity index (χ3v) is 3.00. The van der Waals surface area contributed by atoms with Crippen molar-refractivity contribution >= 4 is 11.6 Å². The Hall–Kier alpha value is -1.59. The van der Waals surface area contributed by atoms with Crippen molar-refractivity contribution in [3.63, 3.8) is 0 Å². The second kappa shape index (κ2) is 5.37. The number of benzene rings is 1. The van der Waals surface area contributed by atoms with Gasteiger partial charge in [0.2, 0.25) is 0 Å². The van der Waals surface area contributed by atoms with E-state index in [0.717, 1.165) is 5.56 Å². The quantitative estimate of drug-likeness (QED) is 0.652. The van der Waals surface area contributed by atoms with Crippen LogP contribution in [0.1, 0.15) is 12.5 Å². The van der Waals surface area contributed by atoms with Crippen LogP contribution in [0.3, 0.4) is 0 Å². The van der Waals surface area contributed by atoms with E-state index in [-0.39, 0.29) is 11.8 Å². The molecule has 0 saturated carbocycles. The van der Waals surface area contributed by atoms with Gasteiger partial charge in [-0.3, -0.25) is 10.0 Å². The maximum atomic E-state index is 11.7. The van der Waals surface area contributed by atoms with Crippen molar-refractivity contribution in [3.05, 3.63) is 23.8 Å². The predicted octanol–water partition coefficient (Wildman–Crippen LogP) is 1.63. The summed E-state index contributed by atoms with van der Waals surface area (Å²) in [6.45, 7) is 2.73. The zero-order valence-electron chi connectivity index (χ0n) is 10.5. The first-order valence-corrected chi connectivity index (χ1v) is 5.91. The fourth-order valence-corrected chi connectivity index (χ4v) is 1.99. The summed E-state index contributed by atoms with van der Waals surface area (Å²) in [5.41, 5.74) is 1.46. The number of rotatable bonds is 4. The van der Waals surface area contributed by atoms with Crippen molar-refractivity contribution < 1.29 is 19.5 Å². The summed E-state index contributed by atoms with van der Waals surface area (Å²) in [7, 11) is 1.60. The molecule has 0 bridgehead atoms. The van der Waals surface area contributed by atoms with Gasteiger partial charge in [-0.15, -0.1) is 0 Å². The highest BCUT2D eigenvalue weighted by Crippen LogP contribution is 2.32. The molecule has 1 atom stereocenters. The zero-order valence-corrected chi connectivity index (χ0v) is 10.5. The van der Waals surface area contributed by atoms with E-state index in [1.54, 1.807) is 20.1 Å². The van der Waals surface area contributed by atoms with E-state index in [1.165, 1.54) is 0 Å². The average molecular weight is 251 g/mol. The van der Waals surface area contributed by atoms with Crippen LogP contribution in [-0.2, 0) is 16.0 Å². The number of hydrogen-bond acceptors (Lipinski definition) is 4. The van der Waals surface area contributed by atoms with Crippen LogP contribution in [-0.4, -0.2) is 31.4 Å². The summed E-state index contributed by atoms with van der Waals surface area (Å²) in [4.78, 5) is 11.7. The van der Waals surface area contributed by atoms with Crippen LogP contribution in [0, 0.1) is 5.92 Å². The average Bonchev–Trinajstić information content (AvgIpc) is 2.37. The van der Waals surface area contributed by atoms with Crippen LogP contribution in [0.4, 0.5) is 5.69 Å². The van der Waals surface area contributed by atoms with E-state index in [1.807, 2.05) is 12.1 Å². The Morgan fingerprint density at radius 3 is 2.94 bits per heavy atom. The lowest BCUT2D eigenvalue weighted by Crippen LogP contribution is -2.37. The SMILES string of the molecule is COCCOc1ccc2c(c1)N(O)C(=O)C(C)C2. The summed E-state index contributed by atoms with van der Waals surface area (Å²) in [6, 6.07) is 5.39. The summed E-state index contributed by atoms with van der Waals surface area (Å²) in [5.74, 6) is 0.145. The molecular formula is C13H17NO4. The molecule has 1 unspecified atom stereocenters. The number of hydroxylamine groups is 1. The van der Waals surface area contributed by atoms with Gasteiger partial charge in [0.05, 0.1) is 12.3 Å². The Morgan fingerprint density at radius 2 is 2.22 bits per heavy atom. The highest BCUT2D eigenvalue weighted by Gasteiger charge is 2.29. The Bertz CT molecular complexity index is 447. The minimum atomic E-state index is -0.281. The van der Waals surface area contributed by atoms with Gasteiger partial charge in [-0.2, -0.15) is 5.06 Å². The predicted molar refractivity (Wildman–Crippen MR) is 66.0 cm³/mol. The van der Waals surface area contributed by atoms with Gasteiger partial charge in [0, 0.05) is 19.1 Å². The second-order valence-electron chi connectivity index (χ2n) is 4.39. The summed E-state index contributed by atoms with van der Waals surface area (Å²) >= 11 is 0. The van der Waals surface area contributed by atoms with Crippen molar-refractivity contribution in [2.75, 3.05) is 25.4 Å². The van der Waals surface area contributed by atoms with Gasteiger partial charge in [-0.1, -0.05) is 13.0 Å². The number of carbonyl (C=O) groups is 1. The lowest BCUT2D eigenvalue weighted by atomic mass is 9.94. The summed E-state index contributed by atoms with van der Waals surface area (Å²) in [5, 5.41) is 10.5. The van der Waals surface area contributed by atoms with Crippen molar-refractivity contribution in [2.24, 2.45) is 5.92 Å². The highest BCUT2D eigenvalue weighted by atomic mass is 16.5. The van der Waals surface area contributed by atoms with E-state index in [2.05, 4.69) is 0 Å². The molecule has 1 aromatic carbocycles. The van der Waals surface area contributed by atoms with E-state index in [0.29, 0.717) is 36.1 Å². The third kappa shape index (κ3) is 2.47. The van der Waals surface area contributed by atoms with Gasteiger partial charge in [-0.25, -0.2) is 0 Å². The van der Waals surface area contributed by atoms with Gasteiger partial charge in [-0.05, 0) is 18.1 Å². The normalized spacial score (nSPS) is 18.7. The fraction of sp³-hybridized carbons (Fsp3) is 0.462. The number of carbonyl (C=O) groups excluding carboxylic acids is 1. The Balaban J connectivity index is 2.18. The largest absolute Gasteiger partial charge is 0.491 e. The molecule has 1 aliphatic heterocycles. The molecule has 0 aromatic heterocycles. The fourth-order valence-electron chi connectivity index (χ4n) is 1.99. The number of ether oxygens (including phenoxy) is 2. The maximum Gasteiger partial charge on any atom is 0.253 e.